The van der Waals surface area contributed by atoms with Crippen molar-refractivity contribution in [2.75, 3.05) is 43.1 Å². The molecular formula is C21H23F2N5O. The molecule has 1 fully saturated rings. The molecule has 0 spiro atoms. The second-order valence-corrected chi connectivity index (χ2v) is 7.16. The number of alkyl halides is 2. The van der Waals surface area contributed by atoms with Gasteiger partial charge in [-0.3, -0.25) is 0 Å². The highest BCUT2D eigenvalue weighted by molar-refractivity contribution is 5.80. The second kappa shape index (κ2) is 8.14. The summed E-state index contributed by atoms with van der Waals surface area (Å²) in [5.41, 5.74) is 0.941. The third-order valence-corrected chi connectivity index (χ3v) is 5.08. The van der Waals surface area contributed by atoms with Gasteiger partial charge in [0, 0.05) is 50.8 Å². The topological polar surface area (TPSA) is 54.4 Å². The number of hydrogen-bond acceptors (Lipinski definition) is 6. The number of para-hydroxylation sites is 1. The summed E-state index contributed by atoms with van der Waals surface area (Å²) in [7, 11) is 1.95. The summed E-state index contributed by atoms with van der Waals surface area (Å²) in [5.74, 6) is -0.855. The van der Waals surface area contributed by atoms with Crippen LogP contribution in [0.4, 0.5) is 20.4 Å². The molecule has 1 aromatic carbocycles. The molecule has 1 aliphatic heterocycles. The van der Waals surface area contributed by atoms with Crippen molar-refractivity contribution in [3.8, 4) is 5.88 Å². The molecular weight excluding hydrogens is 376 g/mol. The monoisotopic (exact) mass is 399 g/mol. The molecule has 0 atom stereocenters. The van der Waals surface area contributed by atoms with Gasteiger partial charge in [-0.15, -0.1) is 0 Å². The number of rotatable bonds is 6. The van der Waals surface area contributed by atoms with Crippen LogP contribution >= 0.6 is 0 Å². The van der Waals surface area contributed by atoms with Gasteiger partial charge in [0.05, 0.1) is 12.1 Å². The first-order chi connectivity index (χ1) is 14.0. The summed E-state index contributed by atoms with van der Waals surface area (Å²) >= 11 is 0. The summed E-state index contributed by atoms with van der Waals surface area (Å²) in [6.07, 6.45) is 2.74. The smallest absolute Gasteiger partial charge is 0.257 e. The highest BCUT2D eigenvalue weighted by atomic mass is 19.3. The lowest BCUT2D eigenvalue weighted by atomic mass is 10.1. The van der Waals surface area contributed by atoms with Crippen molar-refractivity contribution < 1.29 is 13.5 Å². The molecule has 2 aromatic heterocycles. The molecule has 0 unspecified atom stereocenters. The average Bonchev–Trinajstić information content (AvgIpc) is 2.74. The number of halogens is 2. The fraction of sp³-hybridized carbons (Fsp3) is 0.381. The van der Waals surface area contributed by atoms with Crippen molar-refractivity contribution in [1.82, 2.24) is 15.0 Å². The Bertz CT molecular complexity index is 974. The SMILES string of the molecule is CN(CCOc1nccnc1N1CCC(F)(F)CC1)c1ccc2ccccc2n1. The summed E-state index contributed by atoms with van der Waals surface area (Å²) in [6.45, 7) is 1.45. The number of ether oxygens (including phenoxy) is 1. The van der Waals surface area contributed by atoms with E-state index in [-0.39, 0.29) is 25.9 Å². The number of nitrogens with zero attached hydrogens (tertiary/aromatic N) is 5. The van der Waals surface area contributed by atoms with Crippen LogP contribution in [0.5, 0.6) is 5.88 Å². The molecule has 8 heteroatoms. The lowest BCUT2D eigenvalue weighted by Crippen LogP contribution is -2.40. The van der Waals surface area contributed by atoms with Crippen LogP contribution in [-0.2, 0) is 0 Å². The van der Waals surface area contributed by atoms with Gasteiger partial charge in [0.25, 0.3) is 11.8 Å². The number of fused-ring (bicyclic) bond motifs is 1. The lowest BCUT2D eigenvalue weighted by molar-refractivity contribution is -0.0222. The molecule has 3 aromatic rings. The third kappa shape index (κ3) is 4.52. The van der Waals surface area contributed by atoms with E-state index in [1.807, 2.05) is 53.2 Å². The first kappa shape index (κ1) is 19.3. The number of likely N-dealkylation sites (N-methyl/N-ethyl adjacent to an activating group) is 1. The Morgan fingerprint density at radius 2 is 1.83 bits per heavy atom. The molecule has 3 heterocycles. The molecule has 0 aliphatic carbocycles. The van der Waals surface area contributed by atoms with Crippen LogP contribution in [0, 0.1) is 0 Å². The number of hydrogen-bond donors (Lipinski definition) is 0. The van der Waals surface area contributed by atoms with Gasteiger partial charge in [0.2, 0.25) is 0 Å². The minimum atomic E-state index is -2.60. The van der Waals surface area contributed by atoms with E-state index in [1.165, 1.54) is 0 Å². The maximum Gasteiger partial charge on any atom is 0.257 e. The van der Waals surface area contributed by atoms with Gasteiger partial charge >= 0.3 is 0 Å². The van der Waals surface area contributed by atoms with Crippen LogP contribution in [0.1, 0.15) is 12.8 Å². The second-order valence-electron chi connectivity index (χ2n) is 7.16. The van der Waals surface area contributed by atoms with Gasteiger partial charge in [-0.05, 0) is 18.2 Å². The number of aromatic nitrogens is 3. The highest BCUT2D eigenvalue weighted by Gasteiger charge is 2.35. The standard InChI is InChI=1S/C21H23F2N5O/c1-27(18-7-6-16-4-2-3-5-17(16)26-18)14-15-29-20-19(24-10-11-25-20)28-12-8-21(22,23)9-13-28/h2-7,10-11H,8-9,12-15H2,1H3. The Labute approximate surface area is 168 Å². The molecule has 1 saturated heterocycles. The zero-order chi connectivity index (χ0) is 20.3. The minimum absolute atomic E-state index is 0.181. The van der Waals surface area contributed by atoms with Crippen molar-refractivity contribution in [3.05, 3.63) is 48.8 Å². The summed E-state index contributed by atoms with van der Waals surface area (Å²) in [5, 5.41) is 1.09. The van der Waals surface area contributed by atoms with Crippen molar-refractivity contribution in [2.24, 2.45) is 0 Å². The van der Waals surface area contributed by atoms with E-state index in [0.717, 1.165) is 16.7 Å². The van der Waals surface area contributed by atoms with Crippen LogP contribution in [-0.4, -0.2) is 54.2 Å². The van der Waals surface area contributed by atoms with Crippen molar-refractivity contribution >= 4 is 22.5 Å². The first-order valence-electron chi connectivity index (χ1n) is 9.65. The van der Waals surface area contributed by atoms with Crippen molar-refractivity contribution in [2.45, 2.75) is 18.8 Å². The average molecular weight is 399 g/mol. The Morgan fingerprint density at radius 1 is 1.07 bits per heavy atom. The largest absolute Gasteiger partial charge is 0.473 e. The normalized spacial score (nSPS) is 16.0. The number of anilines is 2. The van der Waals surface area contributed by atoms with E-state index >= 15 is 0 Å². The zero-order valence-corrected chi connectivity index (χ0v) is 16.3. The van der Waals surface area contributed by atoms with E-state index in [2.05, 4.69) is 15.0 Å². The molecule has 4 rings (SSSR count). The predicted molar refractivity (Wildman–Crippen MR) is 109 cm³/mol. The highest BCUT2D eigenvalue weighted by Crippen LogP contribution is 2.32. The lowest BCUT2D eigenvalue weighted by Gasteiger charge is -2.32. The Hall–Kier alpha value is -3.03. The summed E-state index contributed by atoms with van der Waals surface area (Å²) in [6, 6.07) is 12.0. The van der Waals surface area contributed by atoms with Crippen molar-refractivity contribution in [3.63, 3.8) is 0 Å². The van der Waals surface area contributed by atoms with Gasteiger partial charge in [-0.25, -0.2) is 23.7 Å². The zero-order valence-electron chi connectivity index (χ0n) is 16.3. The molecule has 29 heavy (non-hydrogen) atoms. The summed E-state index contributed by atoms with van der Waals surface area (Å²) < 4.78 is 32.7. The fourth-order valence-corrected chi connectivity index (χ4v) is 3.34. The van der Waals surface area contributed by atoms with Gasteiger partial charge in [0.15, 0.2) is 5.82 Å². The number of benzene rings is 1. The molecule has 6 nitrogen and oxygen atoms in total. The third-order valence-electron chi connectivity index (χ3n) is 5.08. The Morgan fingerprint density at radius 3 is 2.66 bits per heavy atom. The van der Waals surface area contributed by atoms with Gasteiger partial charge in [0.1, 0.15) is 12.4 Å². The van der Waals surface area contributed by atoms with Crippen LogP contribution in [0.2, 0.25) is 0 Å². The molecule has 0 amide bonds. The molecule has 0 saturated carbocycles. The number of pyridine rings is 1. The molecule has 0 bridgehead atoms. The fourth-order valence-electron chi connectivity index (χ4n) is 3.34. The van der Waals surface area contributed by atoms with Crippen LogP contribution < -0.4 is 14.5 Å². The van der Waals surface area contributed by atoms with Crippen LogP contribution in [0.25, 0.3) is 10.9 Å². The molecule has 1 aliphatic rings. The van der Waals surface area contributed by atoms with E-state index in [1.54, 1.807) is 12.4 Å². The molecule has 0 N–H and O–H groups in total. The van der Waals surface area contributed by atoms with E-state index in [0.29, 0.717) is 24.8 Å². The number of piperidine rings is 1. The quantitative estimate of drug-likeness (QED) is 0.629. The maximum absolute atomic E-state index is 13.4. The van der Waals surface area contributed by atoms with Gasteiger partial charge in [-0.2, -0.15) is 0 Å². The Balaban J connectivity index is 1.38. The van der Waals surface area contributed by atoms with E-state index < -0.39 is 5.92 Å². The van der Waals surface area contributed by atoms with Gasteiger partial charge in [-0.1, -0.05) is 18.2 Å². The summed E-state index contributed by atoms with van der Waals surface area (Å²) in [4.78, 5) is 17.0. The van der Waals surface area contributed by atoms with E-state index in [4.69, 9.17) is 4.74 Å². The minimum Gasteiger partial charge on any atom is -0.473 e. The first-order valence-corrected chi connectivity index (χ1v) is 9.65. The van der Waals surface area contributed by atoms with Crippen LogP contribution in [0.3, 0.4) is 0 Å². The molecule has 152 valence electrons. The Kier molecular flexibility index (Phi) is 5.42. The van der Waals surface area contributed by atoms with Crippen molar-refractivity contribution in [1.29, 1.82) is 0 Å². The maximum atomic E-state index is 13.4. The van der Waals surface area contributed by atoms with Gasteiger partial charge < -0.3 is 14.5 Å². The van der Waals surface area contributed by atoms with Crippen LogP contribution in [0.15, 0.2) is 48.8 Å². The predicted octanol–water partition coefficient (Wildman–Crippen LogP) is 3.78. The molecule has 0 radical (unpaired) electrons. The van der Waals surface area contributed by atoms with E-state index in [9.17, 15) is 8.78 Å².